The van der Waals surface area contributed by atoms with Gasteiger partial charge in [0.15, 0.2) is 0 Å². The Hall–Kier alpha value is -1.61. The van der Waals surface area contributed by atoms with Gasteiger partial charge in [0.1, 0.15) is 12.4 Å². The Bertz CT molecular complexity index is 454. The van der Waals surface area contributed by atoms with Crippen LogP contribution in [0, 0.1) is 0 Å². The number of ether oxygens (including phenoxy) is 1. The number of pyridine rings is 1. The van der Waals surface area contributed by atoms with Gasteiger partial charge in [0.25, 0.3) is 0 Å². The minimum absolute atomic E-state index is 0.0458. The predicted molar refractivity (Wildman–Crippen MR) is 60.9 cm³/mol. The Labute approximate surface area is 88.9 Å². The molecule has 3 heteroatoms. The third-order valence-corrected chi connectivity index (χ3v) is 2.09. The second-order valence-electron chi connectivity index (χ2n) is 3.65. The molecule has 0 spiro atoms. The highest BCUT2D eigenvalue weighted by Crippen LogP contribution is 2.18. The first-order valence-electron chi connectivity index (χ1n) is 4.99. The summed E-state index contributed by atoms with van der Waals surface area (Å²) in [6.45, 7) is 2.44. The zero-order valence-electron chi connectivity index (χ0n) is 8.68. The Morgan fingerprint density at radius 1 is 1.40 bits per heavy atom. The molecule has 1 heterocycles. The first kappa shape index (κ1) is 9.93. The molecular weight excluding hydrogens is 188 g/mol. The molecule has 15 heavy (non-hydrogen) atoms. The minimum atomic E-state index is 0.0458. The van der Waals surface area contributed by atoms with Crippen molar-refractivity contribution in [3.8, 4) is 5.75 Å². The van der Waals surface area contributed by atoms with Gasteiger partial charge in [-0.3, -0.25) is 4.98 Å². The summed E-state index contributed by atoms with van der Waals surface area (Å²) >= 11 is 0. The average molecular weight is 202 g/mol. The lowest BCUT2D eigenvalue weighted by Gasteiger charge is -2.08. The van der Waals surface area contributed by atoms with Crippen molar-refractivity contribution in [1.82, 2.24) is 4.98 Å². The van der Waals surface area contributed by atoms with Crippen LogP contribution in [0.1, 0.15) is 6.92 Å². The van der Waals surface area contributed by atoms with Crippen molar-refractivity contribution < 1.29 is 4.74 Å². The average Bonchev–Trinajstić information content (AvgIpc) is 2.26. The van der Waals surface area contributed by atoms with Crippen molar-refractivity contribution in [3.05, 3.63) is 36.5 Å². The number of fused-ring (bicyclic) bond motifs is 1. The van der Waals surface area contributed by atoms with Gasteiger partial charge in [-0.1, -0.05) is 6.07 Å². The second-order valence-corrected chi connectivity index (χ2v) is 3.65. The van der Waals surface area contributed by atoms with Gasteiger partial charge >= 0.3 is 0 Å². The molecule has 0 unspecified atom stereocenters. The van der Waals surface area contributed by atoms with Crippen LogP contribution in [0.4, 0.5) is 0 Å². The molecule has 2 rings (SSSR count). The maximum atomic E-state index is 5.61. The molecular formula is C12H14N2O. The molecule has 0 bridgehead atoms. The van der Waals surface area contributed by atoms with E-state index in [1.54, 1.807) is 6.20 Å². The summed E-state index contributed by atoms with van der Waals surface area (Å²) in [5, 5.41) is 1.12. The molecule has 2 aromatic rings. The maximum absolute atomic E-state index is 5.61. The summed E-state index contributed by atoms with van der Waals surface area (Å²) in [5.74, 6) is 0.818. The molecule has 0 aliphatic heterocycles. The van der Waals surface area contributed by atoms with E-state index in [-0.39, 0.29) is 6.04 Å². The largest absolute Gasteiger partial charge is 0.492 e. The zero-order chi connectivity index (χ0) is 10.7. The fraction of sp³-hybridized carbons (Fsp3) is 0.250. The number of rotatable bonds is 3. The summed E-state index contributed by atoms with van der Waals surface area (Å²) in [7, 11) is 0. The lowest BCUT2D eigenvalue weighted by molar-refractivity contribution is 0.296. The maximum Gasteiger partial charge on any atom is 0.121 e. The van der Waals surface area contributed by atoms with E-state index in [0.29, 0.717) is 6.61 Å². The summed E-state index contributed by atoms with van der Waals surface area (Å²) in [6, 6.07) is 9.86. The number of nitrogens with zero attached hydrogens (tertiary/aromatic N) is 1. The fourth-order valence-corrected chi connectivity index (χ4v) is 1.36. The first-order chi connectivity index (χ1) is 7.25. The van der Waals surface area contributed by atoms with E-state index < -0.39 is 0 Å². The van der Waals surface area contributed by atoms with Gasteiger partial charge in [-0.05, 0) is 25.1 Å². The summed E-state index contributed by atoms with van der Waals surface area (Å²) in [4.78, 5) is 4.26. The van der Waals surface area contributed by atoms with Crippen molar-refractivity contribution in [3.63, 3.8) is 0 Å². The van der Waals surface area contributed by atoms with Crippen LogP contribution in [-0.2, 0) is 0 Å². The number of benzene rings is 1. The van der Waals surface area contributed by atoms with Crippen LogP contribution in [0.25, 0.3) is 10.9 Å². The molecule has 0 radical (unpaired) electrons. The van der Waals surface area contributed by atoms with Crippen molar-refractivity contribution in [2.24, 2.45) is 5.73 Å². The van der Waals surface area contributed by atoms with Gasteiger partial charge < -0.3 is 10.5 Å². The first-order valence-corrected chi connectivity index (χ1v) is 4.99. The highest BCUT2D eigenvalue weighted by atomic mass is 16.5. The van der Waals surface area contributed by atoms with Gasteiger partial charge in [0.2, 0.25) is 0 Å². The van der Waals surface area contributed by atoms with Crippen molar-refractivity contribution in [2.45, 2.75) is 13.0 Å². The minimum Gasteiger partial charge on any atom is -0.492 e. The van der Waals surface area contributed by atoms with E-state index in [2.05, 4.69) is 4.98 Å². The topological polar surface area (TPSA) is 48.1 Å². The van der Waals surface area contributed by atoms with Crippen LogP contribution >= 0.6 is 0 Å². The number of aromatic nitrogens is 1. The van der Waals surface area contributed by atoms with Gasteiger partial charge in [0.05, 0.1) is 5.52 Å². The lowest BCUT2D eigenvalue weighted by atomic mass is 10.2. The molecule has 78 valence electrons. The summed E-state index contributed by atoms with van der Waals surface area (Å²) in [6.07, 6.45) is 1.78. The molecule has 3 nitrogen and oxygen atoms in total. The standard InChI is InChI=1S/C12H14N2O/c1-9(13)8-15-11-5-4-10-3-2-6-14-12(10)7-11/h2-7,9H,8,13H2,1H3/t9-/m1/s1. The Morgan fingerprint density at radius 3 is 3.07 bits per heavy atom. The van der Waals surface area contributed by atoms with E-state index in [1.165, 1.54) is 0 Å². The fourth-order valence-electron chi connectivity index (χ4n) is 1.36. The van der Waals surface area contributed by atoms with Crippen LogP contribution < -0.4 is 10.5 Å². The molecule has 0 aliphatic rings. The van der Waals surface area contributed by atoms with Gasteiger partial charge in [0, 0.05) is 23.7 Å². The highest BCUT2D eigenvalue weighted by Gasteiger charge is 1.99. The van der Waals surface area contributed by atoms with Crippen molar-refractivity contribution in [2.75, 3.05) is 6.61 Å². The molecule has 0 saturated carbocycles. The third-order valence-electron chi connectivity index (χ3n) is 2.09. The van der Waals surface area contributed by atoms with Crippen LogP contribution in [0.2, 0.25) is 0 Å². The van der Waals surface area contributed by atoms with Gasteiger partial charge in [-0.2, -0.15) is 0 Å². The Balaban J connectivity index is 2.23. The molecule has 0 amide bonds. The number of nitrogens with two attached hydrogens (primary N) is 1. The smallest absolute Gasteiger partial charge is 0.121 e. The zero-order valence-corrected chi connectivity index (χ0v) is 8.68. The Kier molecular flexibility index (Phi) is 2.83. The van der Waals surface area contributed by atoms with E-state index in [0.717, 1.165) is 16.7 Å². The molecule has 0 fully saturated rings. The van der Waals surface area contributed by atoms with E-state index >= 15 is 0 Å². The van der Waals surface area contributed by atoms with Gasteiger partial charge in [-0.25, -0.2) is 0 Å². The normalized spacial score (nSPS) is 12.7. The molecule has 2 N–H and O–H groups in total. The van der Waals surface area contributed by atoms with Crippen LogP contribution in [0.15, 0.2) is 36.5 Å². The third kappa shape index (κ3) is 2.44. The molecule has 1 aromatic heterocycles. The molecule has 0 aliphatic carbocycles. The van der Waals surface area contributed by atoms with Crippen LogP contribution in [0.5, 0.6) is 5.75 Å². The molecule has 0 saturated heterocycles. The monoisotopic (exact) mass is 202 g/mol. The number of hydrogen-bond donors (Lipinski definition) is 1. The van der Waals surface area contributed by atoms with Crippen molar-refractivity contribution in [1.29, 1.82) is 0 Å². The van der Waals surface area contributed by atoms with Gasteiger partial charge in [-0.15, -0.1) is 0 Å². The predicted octanol–water partition coefficient (Wildman–Crippen LogP) is 1.96. The Morgan fingerprint density at radius 2 is 2.27 bits per heavy atom. The lowest BCUT2D eigenvalue weighted by Crippen LogP contribution is -2.23. The van der Waals surface area contributed by atoms with Crippen molar-refractivity contribution >= 4 is 10.9 Å². The molecule has 1 aromatic carbocycles. The quantitative estimate of drug-likeness (QED) is 0.827. The number of hydrogen-bond acceptors (Lipinski definition) is 3. The van der Waals surface area contributed by atoms with E-state index in [1.807, 2.05) is 37.3 Å². The summed E-state index contributed by atoms with van der Waals surface area (Å²) < 4.78 is 5.51. The highest BCUT2D eigenvalue weighted by molar-refractivity contribution is 5.79. The SMILES string of the molecule is C[C@@H](N)COc1ccc2cccnc2c1. The summed E-state index contributed by atoms with van der Waals surface area (Å²) in [5.41, 5.74) is 6.56. The molecule has 1 atom stereocenters. The van der Waals surface area contributed by atoms with E-state index in [9.17, 15) is 0 Å². The van der Waals surface area contributed by atoms with Crippen LogP contribution in [0.3, 0.4) is 0 Å². The second kappa shape index (κ2) is 4.28. The van der Waals surface area contributed by atoms with Crippen LogP contribution in [-0.4, -0.2) is 17.6 Å². The van der Waals surface area contributed by atoms with E-state index in [4.69, 9.17) is 10.5 Å².